The lowest BCUT2D eigenvalue weighted by Gasteiger charge is -2.26. The van der Waals surface area contributed by atoms with Crippen LogP contribution in [-0.4, -0.2) is 26.1 Å². The number of nitrogens with one attached hydrogen (secondary N) is 2. The summed E-state index contributed by atoms with van der Waals surface area (Å²) in [5.74, 6) is 0.767. The van der Waals surface area contributed by atoms with Crippen LogP contribution in [0.4, 0.5) is 11.6 Å². The van der Waals surface area contributed by atoms with Gasteiger partial charge in [-0.3, -0.25) is 4.79 Å². The first kappa shape index (κ1) is 17.5. The largest absolute Gasteiger partial charge is 0.452 e. The highest BCUT2D eigenvalue weighted by Gasteiger charge is 2.36. The number of allylic oxidation sites excluding steroid dienone is 1. The highest BCUT2D eigenvalue weighted by molar-refractivity contribution is 9.10. The van der Waals surface area contributed by atoms with Crippen molar-refractivity contribution in [3.63, 3.8) is 0 Å². The molecule has 3 heterocycles. The Hall–Kier alpha value is -2.94. The number of nitrogens with zero attached hydrogens (tertiary/aromatic N) is 4. The molecule has 1 aliphatic heterocycles. The summed E-state index contributed by atoms with van der Waals surface area (Å²) in [6.07, 6.45) is 0. The van der Waals surface area contributed by atoms with Crippen molar-refractivity contribution in [3.05, 3.63) is 63.2 Å². The van der Waals surface area contributed by atoms with Crippen LogP contribution in [-0.2, 0) is 4.79 Å². The van der Waals surface area contributed by atoms with Crippen molar-refractivity contribution in [1.29, 1.82) is 0 Å². The van der Waals surface area contributed by atoms with Crippen LogP contribution in [0, 0.1) is 13.8 Å². The fourth-order valence-corrected chi connectivity index (χ4v) is 3.44. The number of anilines is 2. The molecule has 0 bridgehead atoms. The van der Waals surface area contributed by atoms with Crippen molar-refractivity contribution < 1.29 is 9.21 Å². The minimum absolute atomic E-state index is 0.243. The highest BCUT2D eigenvalue weighted by Crippen LogP contribution is 2.36. The molecule has 0 saturated carbocycles. The van der Waals surface area contributed by atoms with Crippen LogP contribution in [0.3, 0.4) is 0 Å². The van der Waals surface area contributed by atoms with Gasteiger partial charge in [-0.15, -0.1) is 0 Å². The first-order chi connectivity index (χ1) is 13.0. The van der Waals surface area contributed by atoms with E-state index in [4.69, 9.17) is 4.42 Å². The third-order valence-electron chi connectivity index (χ3n) is 4.68. The van der Waals surface area contributed by atoms with Crippen LogP contribution in [0.2, 0.25) is 0 Å². The molecule has 1 aliphatic rings. The van der Waals surface area contributed by atoms with Gasteiger partial charge in [0.15, 0.2) is 4.67 Å². The lowest BCUT2D eigenvalue weighted by molar-refractivity contribution is -0.113. The van der Waals surface area contributed by atoms with Crippen LogP contribution in [0.1, 0.15) is 29.9 Å². The zero-order valence-electron chi connectivity index (χ0n) is 14.9. The van der Waals surface area contributed by atoms with E-state index in [1.165, 1.54) is 4.68 Å². The Morgan fingerprint density at radius 3 is 2.81 bits per heavy atom. The van der Waals surface area contributed by atoms with Gasteiger partial charge < -0.3 is 15.1 Å². The smallest absolute Gasteiger partial charge is 0.256 e. The molecule has 27 heavy (non-hydrogen) atoms. The van der Waals surface area contributed by atoms with E-state index in [1.54, 1.807) is 12.1 Å². The predicted molar refractivity (Wildman–Crippen MR) is 103 cm³/mol. The molecule has 4 rings (SSSR count). The maximum atomic E-state index is 13.2. The molecule has 0 spiro atoms. The summed E-state index contributed by atoms with van der Waals surface area (Å²) in [5, 5.41) is 17.8. The van der Waals surface area contributed by atoms with Crippen LogP contribution in [0.15, 0.2) is 50.7 Å². The van der Waals surface area contributed by atoms with Gasteiger partial charge in [-0.2, -0.15) is 4.68 Å². The number of fused-ring (bicyclic) bond motifs is 1. The van der Waals surface area contributed by atoms with Gasteiger partial charge in [-0.1, -0.05) is 17.2 Å². The zero-order chi connectivity index (χ0) is 19.1. The van der Waals surface area contributed by atoms with Gasteiger partial charge in [0.1, 0.15) is 11.8 Å². The molecule has 8 nitrogen and oxygen atoms in total. The van der Waals surface area contributed by atoms with Crippen LogP contribution >= 0.6 is 15.9 Å². The monoisotopic (exact) mass is 428 g/mol. The Bertz CT molecular complexity index is 1070. The average molecular weight is 429 g/mol. The molecule has 1 amide bonds. The second-order valence-corrected chi connectivity index (χ2v) is 7.14. The normalized spacial score (nSPS) is 16.1. The number of carbonyl (C=O) groups is 1. The number of hydrogen-bond donors (Lipinski definition) is 2. The molecule has 0 radical (unpaired) electrons. The molecule has 3 aromatic rings. The van der Waals surface area contributed by atoms with Gasteiger partial charge in [0.2, 0.25) is 5.95 Å². The number of carbonyl (C=O) groups excluding carboxylic acids is 1. The molecule has 0 saturated heterocycles. The fourth-order valence-electron chi connectivity index (χ4n) is 3.12. The van der Waals surface area contributed by atoms with Gasteiger partial charge in [-0.05, 0) is 76.5 Å². The third-order valence-corrected chi connectivity index (χ3v) is 5.10. The highest BCUT2D eigenvalue weighted by atomic mass is 79.9. The Morgan fingerprint density at radius 2 is 2.07 bits per heavy atom. The van der Waals surface area contributed by atoms with E-state index in [2.05, 4.69) is 42.1 Å². The Balaban J connectivity index is 1.76. The summed E-state index contributed by atoms with van der Waals surface area (Å²) in [6, 6.07) is 8.80. The second-order valence-electron chi connectivity index (χ2n) is 6.36. The Morgan fingerprint density at radius 1 is 1.26 bits per heavy atom. The molecular formula is C18H17BrN6O2. The summed E-state index contributed by atoms with van der Waals surface area (Å²) in [7, 11) is 0. The first-order valence-corrected chi connectivity index (χ1v) is 9.13. The van der Waals surface area contributed by atoms with Gasteiger partial charge >= 0.3 is 0 Å². The number of aromatic nitrogens is 4. The minimum atomic E-state index is -0.576. The molecule has 0 aliphatic carbocycles. The lowest BCUT2D eigenvalue weighted by atomic mass is 9.99. The number of tetrazole rings is 1. The predicted octanol–water partition coefficient (Wildman–Crippen LogP) is 3.57. The van der Waals surface area contributed by atoms with Crippen LogP contribution in [0.5, 0.6) is 0 Å². The Labute approximate surface area is 163 Å². The van der Waals surface area contributed by atoms with Crippen molar-refractivity contribution in [2.75, 3.05) is 10.6 Å². The summed E-state index contributed by atoms with van der Waals surface area (Å²) >= 11 is 3.31. The van der Waals surface area contributed by atoms with E-state index in [1.807, 2.05) is 39.0 Å². The number of furan rings is 1. The van der Waals surface area contributed by atoms with Crippen LogP contribution < -0.4 is 10.6 Å². The third kappa shape index (κ3) is 3.03. The summed E-state index contributed by atoms with van der Waals surface area (Å²) in [4.78, 5) is 13.2. The summed E-state index contributed by atoms with van der Waals surface area (Å²) < 4.78 is 7.83. The van der Waals surface area contributed by atoms with Crippen molar-refractivity contribution in [3.8, 4) is 0 Å². The molecular weight excluding hydrogens is 412 g/mol. The van der Waals surface area contributed by atoms with Crippen LogP contribution in [0.25, 0.3) is 0 Å². The summed E-state index contributed by atoms with van der Waals surface area (Å²) in [6.45, 7) is 5.81. The second kappa shape index (κ2) is 6.66. The maximum Gasteiger partial charge on any atom is 0.256 e. The topological polar surface area (TPSA) is 97.9 Å². The molecule has 138 valence electrons. The van der Waals surface area contributed by atoms with E-state index in [0.717, 1.165) is 16.8 Å². The van der Waals surface area contributed by atoms with E-state index in [9.17, 15) is 4.79 Å². The number of aryl methyl sites for hydroxylation is 1. The zero-order valence-corrected chi connectivity index (χ0v) is 16.5. The average Bonchev–Trinajstić information content (AvgIpc) is 3.26. The fraction of sp³-hybridized carbons (Fsp3) is 0.222. The lowest BCUT2D eigenvalue weighted by Crippen LogP contribution is -2.31. The summed E-state index contributed by atoms with van der Waals surface area (Å²) in [5.41, 5.74) is 4.04. The molecule has 0 fully saturated rings. The first-order valence-electron chi connectivity index (χ1n) is 8.34. The SMILES string of the molecule is CC1=C(C(=O)Nc2cccc(C)c2C)C(c2ccc(Br)o2)n2nnnc2N1. The van der Waals surface area contributed by atoms with Gasteiger partial charge in [0.05, 0.1) is 5.57 Å². The van der Waals surface area contributed by atoms with Gasteiger partial charge in [0, 0.05) is 11.4 Å². The standard InChI is InChI=1S/C18H17BrN6O2/c1-9-5-4-6-12(10(9)2)21-17(26)15-11(3)20-18-22-23-24-25(18)16(15)13-7-8-14(19)27-13/h4-8,16H,1-3H3,(H,21,26)(H,20,22,24). The van der Waals surface area contributed by atoms with E-state index >= 15 is 0 Å². The van der Waals surface area contributed by atoms with Crippen molar-refractivity contribution >= 4 is 33.5 Å². The van der Waals surface area contributed by atoms with Crippen molar-refractivity contribution in [2.45, 2.75) is 26.8 Å². The van der Waals surface area contributed by atoms with Crippen molar-refractivity contribution in [1.82, 2.24) is 20.2 Å². The molecule has 2 N–H and O–H groups in total. The quantitative estimate of drug-likeness (QED) is 0.661. The molecule has 2 aromatic heterocycles. The van der Waals surface area contributed by atoms with Crippen molar-refractivity contribution in [2.24, 2.45) is 0 Å². The molecule has 1 aromatic carbocycles. The number of rotatable bonds is 3. The van der Waals surface area contributed by atoms with E-state index in [0.29, 0.717) is 27.6 Å². The Kier molecular flexibility index (Phi) is 4.31. The number of amides is 1. The van der Waals surface area contributed by atoms with E-state index < -0.39 is 6.04 Å². The molecule has 9 heteroatoms. The molecule has 1 atom stereocenters. The number of halogens is 1. The van der Waals surface area contributed by atoms with Gasteiger partial charge in [0.25, 0.3) is 5.91 Å². The molecule has 1 unspecified atom stereocenters. The number of benzene rings is 1. The van der Waals surface area contributed by atoms with E-state index in [-0.39, 0.29) is 5.91 Å². The minimum Gasteiger partial charge on any atom is -0.452 e. The van der Waals surface area contributed by atoms with Gasteiger partial charge in [-0.25, -0.2) is 0 Å². The number of hydrogen-bond acceptors (Lipinski definition) is 6. The maximum absolute atomic E-state index is 13.2.